The number of fused-ring (bicyclic) bond motifs is 2. The highest BCUT2D eigenvalue weighted by atomic mass is 35.5. The van der Waals surface area contributed by atoms with Gasteiger partial charge in [0, 0.05) is 40.6 Å². The van der Waals surface area contributed by atoms with Crippen LogP contribution in [-0.4, -0.2) is 21.1 Å². The van der Waals surface area contributed by atoms with Crippen LogP contribution in [0.25, 0.3) is 16.4 Å². The molecule has 5 nitrogen and oxygen atoms in total. The van der Waals surface area contributed by atoms with Crippen molar-refractivity contribution in [2.24, 2.45) is 0 Å². The fourth-order valence-corrected chi connectivity index (χ4v) is 3.94. The van der Waals surface area contributed by atoms with Crippen LogP contribution in [-0.2, 0) is 11.2 Å². The van der Waals surface area contributed by atoms with Crippen molar-refractivity contribution in [3.8, 4) is 0 Å². The summed E-state index contributed by atoms with van der Waals surface area (Å²) in [6, 6.07) is 24.1. The van der Waals surface area contributed by atoms with Crippen molar-refractivity contribution in [2.75, 3.05) is 5.32 Å². The van der Waals surface area contributed by atoms with Gasteiger partial charge in [-0.05, 0) is 60.2 Å². The molecule has 3 heterocycles. The largest absolute Gasteiger partial charge is 0.320 e. The molecule has 0 aliphatic carbocycles. The van der Waals surface area contributed by atoms with Crippen LogP contribution in [0.4, 0.5) is 5.69 Å². The maximum absolute atomic E-state index is 13.1. The summed E-state index contributed by atoms with van der Waals surface area (Å²) in [4.78, 5) is 30.1. The number of carbonyl (C=O) groups excluding carboxylic acids is 2. The lowest BCUT2D eigenvalue weighted by Crippen LogP contribution is -2.22. The number of halogens is 1. The van der Waals surface area contributed by atoms with Crippen LogP contribution in [0.15, 0.2) is 91.3 Å². The number of amides is 1. The van der Waals surface area contributed by atoms with Gasteiger partial charge in [-0.15, -0.1) is 0 Å². The molecule has 0 unspecified atom stereocenters. The molecule has 5 rings (SSSR count). The van der Waals surface area contributed by atoms with E-state index in [1.165, 1.54) is 0 Å². The molecule has 0 fully saturated rings. The van der Waals surface area contributed by atoms with E-state index in [0.717, 1.165) is 22.2 Å². The number of pyridine rings is 2. The van der Waals surface area contributed by atoms with Crippen molar-refractivity contribution in [3.05, 3.63) is 113 Å². The third-order valence-corrected chi connectivity index (χ3v) is 5.62. The lowest BCUT2D eigenvalue weighted by molar-refractivity contribution is -0.112. The molecule has 3 aromatic heterocycles. The SMILES string of the molecule is O=C(Nc1ccc2ncccc2c1)C(=O)c1cc(Cc2ccc(Cl)cc2)n2ccccc12. The van der Waals surface area contributed by atoms with E-state index in [9.17, 15) is 9.59 Å². The van der Waals surface area contributed by atoms with Crippen LogP contribution in [0.2, 0.25) is 5.02 Å². The number of aromatic nitrogens is 2. The van der Waals surface area contributed by atoms with Crippen LogP contribution in [0.3, 0.4) is 0 Å². The van der Waals surface area contributed by atoms with Crippen molar-refractivity contribution < 1.29 is 9.59 Å². The average Bonchev–Trinajstić information content (AvgIpc) is 3.18. The first kappa shape index (κ1) is 20.0. The van der Waals surface area contributed by atoms with Gasteiger partial charge >= 0.3 is 0 Å². The van der Waals surface area contributed by atoms with E-state index < -0.39 is 11.7 Å². The zero-order valence-electron chi connectivity index (χ0n) is 17.0. The number of Topliss-reactive ketones (excluding diaryl/α,β-unsaturated/α-hetero) is 1. The summed E-state index contributed by atoms with van der Waals surface area (Å²) in [5.41, 5.74) is 4.41. The summed E-state index contributed by atoms with van der Waals surface area (Å²) in [5, 5.41) is 4.28. The normalized spacial score (nSPS) is 11.0. The number of benzene rings is 2. The van der Waals surface area contributed by atoms with Crippen LogP contribution in [0.1, 0.15) is 21.6 Å². The van der Waals surface area contributed by atoms with Crippen LogP contribution in [0.5, 0.6) is 0 Å². The van der Waals surface area contributed by atoms with E-state index in [1.807, 2.05) is 71.3 Å². The Morgan fingerprint density at radius 3 is 2.62 bits per heavy atom. The first-order valence-electron chi connectivity index (χ1n) is 10.1. The molecule has 5 aromatic rings. The fourth-order valence-electron chi connectivity index (χ4n) is 3.82. The molecule has 0 saturated carbocycles. The Kier molecular flexibility index (Phi) is 5.17. The van der Waals surface area contributed by atoms with Gasteiger partial charge in [-0.2, -0.15) is 0 Å². The van der Waals surface area contributed by atoms with Gasteiger partial charge in [0.1, 0.15) is 0 Å². The molecule has 32 heavy (non-hydrogen) atoms. The van der Waals surface area contributed by atoms with Gasteiger partial charge in [0.05, 0.1) is 16.6 Å². The molecular weight excluding hydrogens is 422 g/mol. The van der Waals surface area contributed by atoms with Gasteiger partial charge < -0.3 is 9.72 Å². The number of rotatable bonds is 5. The Morgan fingerprint density at radius 2 is 1.78 bits per heavy atom. The van der Waals surface area contributed by atoms with Crippen LogP contribution < -0.4 is 5.32 Å². The topological polar surface area (TPSA) is 63.5 Å². The van der Waals surface area contributed by atoms with Crippen LogP contribution >= 0.6 is 11.6 Å². The number of ketones is 1. The summed E-state index contributed by atoms with van der Waals surface area (Å²) in [5.74, 6) is -1.26. The number of nitrogens with zero attached hydrogens (tertiary/aromatic N) is 2. The summed E-state index contributed by atoms with van der Waals surface area (Å²) in [7, 11) is 0. The Hall–Kier alpha value is -3.96. The smallest absolute Gasteiger partial charge is 0.296 e. The molecule has 0 aliphatic rings. The van der Waals surface area contributed by atoms with Gasteiger partial charge in [0.2, 0.25) is 0 Å². The number of hydrogen-bond acceptors (Lipinski definition) is 3. The predicted octanol–water partition coefficient (Wildman–Crippen LogP) is 5.55. The van der Waals surface area contributed by atoms with E-state index in [0.29, 0.717) is 28.2 Å². The fraction of sp³-hybridized carbons (Fsp3) is 0.0385. The van der Waals surface area contributed by atoms with E-state index in [1.54, 1.807) is 24.4 Å². The summed E-state index contributed by atoms with van der Waals surface area (Å²) >= 11 is 5.99. The molecular formula is C26H18ClN3O2. The molecule has 0 bridgehead atoms. The number of hydrogen-bond donors (Lipinski definition) is 1. The predicted molar refractivity (Wildman–Crippen MR) is 126 cm³/mol. The minimum Gasteiger partial charge on any atom is -0.320 e. The zero-order chi connectivity index (χ0) is 22.1. The molecule has 6 heteroatoms. The molecule has 1 N–H and O–H groups in total. The summed E-state index contributed by atoms with van der Waals surface area (Å²) in [6.45, 7) is 0. The molecule has 0 spiro atoms. The second-order valence-electron chi connectivity index (χ2n) is 7.50. The van der Waals surface area contributed by atoms with Crippen molar-refractivity contribution in [1.29, 1.82) is 0 Å². The Bertz CT molecular complexity index is 1470. The minimum atomic E-state index is -0.678. The van der Waals surface area contributed by atoms with Crippen molar-refractivity contribution in [1.82, 2.24) is 9.38 Å². The lowest BCUT2D eigenvalue weighted by Gasteiger charge is -2.05. The van der Waals surface area contributed by atoms with Crippen molar-refractivity contribution in [2.45, 2.75) is 6.42 Å². The third kappa shape index (κ3) is 3.86. The molecule has 0 atom stereocenters. The minimum absolute atomic E-state index is 0.370. The third-order valence-electron chi connectivity index (χ3n) is 5.37. The van der Waals surface area contributed by atoms with E-state index in [-0.39, 0.29) is 0 Å². The van der Waals surface area contributed by atoms with Gasteiger partial charge in [0.15, 0.2) is 0 Å². The number of nitrogens with one attached hydrogen (secondary N) is 1. The second-order valence-corrected chi connectivity index (χ2v) is 7.94. The van der Waals surface area contributed by atoms with Crippen molar-refractivity contribution in [3.63, 3.8) is 0 Å². The zero-order valence-corrected chi connectivity index (χ0v) is 17.7. The summed E-state index contributed by atoms with van der Waals surface area (Å²) in [6.07, 6.45) is 4.21. The molecule has 0 aliphatic heterocycles. The van der Waals surface area contributed by atoms with Gasteiger partial charge in [-0.25, -0.2) is 0 Å². The second kappa shape index (κ2) is 8.29. The van der Waals surface area contributed by atoms with E-state index in [2.05, 4.69) is 10.3 Å². The highest BCUT2D eigenvalue weighted by molar-refractivity contribution is 6.48. The average molecular weight is 440 g/mol. The maximum atomic E-state index is 13.1. The van der Waals surface area contributed by atoms with Gasteiger partial charge in [-0.3, -0.25) is 14.6 Å². The van der Waals surface area contributed by atoms with Crippen LogP contribution in [0, 0.1) is 0 Å². The molecule has 0 saturated heterocycles. The Balaban J connectivity index is 1.44. The molecule has 156 valence electrons. The highest BCUT2D eigenvalue weighted by Crippen LogP contribution is 2.22. The standard InChI is InChI=1S/C26H18ClN3O2/c27-19-8-6-17(7-9-19)14-21-16-22(24-5-1-2-13-30(21)24)25(31)26(32)29-20-10-11-23-18(15-20)4-3-12-28-23/h1-13,15-16H,14H2,(H,29,32). The molecule has 2 aromatic carbocycles. The number of anilines is 1. The van der Waals surface area contributed by atoms with E-state index in [4.69, 9.17) is 11.6 Å². The Labute approximate surface area is 189 Å². The van der Waals surface area contributed by atoms with Gasteiger partial charge in [0.25, 0.3) is 11.7 Å². The van der Waals surface area contributed by atoms with Gasteiger partial charge in [-0.1, -0.05) is 35.9 Å². The molecule has 0 radical (unpaired) electrons. The van der Waals surface area contributed by atoms with E-state index >= 15 is 0 Å². The lowest BCUT2D eigenvalue weighted by atomic mass is 10.1. The highest BCUT2D eigenvalue weighted by Gasteiger charge is 2.22. The maximum Gasteiger partial charge on any atom is 0.296 e. The summed E-state index contributed by atoms with van der Waals surface area (Å²) < 4.78 is 1.94. The quantitative estimate of drug-likeness (QED) is 0.288. The van der Waals surface area contributed by atoms with Crippen molar-refractivity contribution >= 4 is 45.4 Å². The molecule has 1 amide bonds. The first-order valence-corrected chi connectivity index (χ1v) is 10.5. The Morgan fingerprint density at radius 1 is 0.938 bits per heavy atom. The first-order chi connectivity index (χ1) is 15.6. The number of carbonyl (C=O) groups is 2. The monoisotopic (exact) mass is 439 g/mol.